The van der Waals surface area contributed by atoms with Gasteiger partial charge in [-0.15, -0.1) is 12.0 Å². The second kappa shape index (κ2) is 1.72. The summed E-state index contributed by atoms with van der Waals surface area (Å²) in [5, 5.41) is 3.35. The molecule has 0 aliphatic carbocycles. The van der Waals surface area contributed by atoms with Gasteiger partial charge in [0, 0.05) is 0 Å². The molecule has 0 amide bonds. The van der Waals surface area contributed by atoms with E-state index in [1.54, 1.807) is 0 Å². The third kappa shape index (κ3) is 0.796. The molecule has 1 aliphatic rings. The summed E-state index contributed by atoms with van der Waals surface area (Å²) in [4.78, 5) is 0. The first-order valence-electron chi connectivity index (χ1n) is 2.25. The molecular formula is C5H9S-. The van der Waals surface area contributed by atoms with E-state index in [1.807, 2.05) is 0 Å². The van der Waals surface area contributed by atoms with E-state index in [1.165, 1.54) is 18.6 Å². The molecule has 0 aromatic heterocycles. The van der Waals surface area contributed by atoms with Crippen molar-refractivity contribution >= 4 is 10.3 Å². The largest absolute Gasteiger partial charge is 0.457 e. The quantitative estimate of drug-likeness (QED) is 0.399. The second-order valence-corrected chi connectivity index (χ2v) is 3.56. The Morgan fingerprint density at radius 3 is 2.67 bits per heavy atom. The zero-order valence-corrected chi connectivity index (χ0v) is 4.85. The summed E-state index contributed by atoms with van der Waals surface area (Å²) in [5.74, 6) is 1.40. The Bertz CT molecular complexity index is 113. The summed E-state index contributed by atoms with van der Waals surface area (Å²) < 4.78 is 0. The van der Waals surface area contributed by atoms with Crippen LogP contribution in [-0.4, -0.2) is 12.0 Å². The van der Waals surface area contributed by atoms with Crippen molar-refractivity contribution in [3.63, 3.8) is 0 Å². The van der Waals surface area contributed by atoms with Gasteiger partial charge in [-0.05, 0) is 6.42 Å². The highest BCUT2D eigenvalue weighted by atomic mass is 32.2. The summed E-state index contributed by atoms with van der Waals surface area (Å²) in [6.07, 6.45) is 4.90. The van der Waals surface area contributed by atoms with Gasteiger partial charge < -0.3 is 15.5 Å². The first-order valence-corrected chi connectivity index (χ1v) is 4.06. The van der Waals surface area contributed by atoms with E-state index < -0.39 is 0 Å². The predicted molar refractivity (Wildman–Crippen MR) is 31.3 cm³/mol. The van der Waals surface area contributed by atoms with Crippen LogP contribution < -0.4 is 0 Å². The van der Waals surface area contributed by atoms with Crippen molar-refractivity contribution in [1.82, 2.24) is 0 Å². The molecule has 36 valence electrons. The van der Waals surface area contributed by atoms with Crippen molar-refractivity contribution in [2.75, 3.05) is 12.0 Å². The maximum Gasteiger partial charge on any atom is -0.0274 e. The molecule has 1 rings (SSSR count). The first kappa shape index (κ1) is 4.29. The molecule has 6 heavy (non-hydrogen) atoms. The fraction of sp³-hybridized carbons (Fsp3) is 0.800. The molecule has 1 aliphatic heterocycles. The number of hydrogen-bond donors (Lipinski definition) is 0. The minimum absolute atomic E-state index is 0.577. The van der Waals surface area contributed by atoms with Gasteiger partial charge >= 0.3 is 0 Å². The summed E-state index contributed by atoms with van der Waals surface area (Å²) in [6, 6.07) is 0. The lowest BCUT2D eigenvalue weighted by atomic mass is 10.4. The normalized spacial score (nSPS) is 22.8. The molecule has 0 N–H and O–H groups in total. The van der Waals surface area contributed by atoms with E-state index in [9.17, 15) is 0 Å². The molecular weight excluding hydrogens is 92.1 g/mol. The lowest BCUT2D eigenvalue weighted by molar-refractivity contribution is 1.02. The van der Waals surface area contributed by atoms with Crippen LogP contribution in [0.15, 0.2) is 0 Å². The second-order valence-electron chi connectivity index (χ2n) is 1.59. The molecule has 1 heteroatoms. The summed E-state index contributed by atoms with van der Waals surface area (Å²) in [5.41, 5.74) is 0. The van der Waals surface area contributed by atoms with E-state index in [-0.39, 0.29) is 0 Å². The van der Waals surface area contributed by atoms with Gasteiger partial charge in [0.05, 0.1) is 0 Å². The summed E-state index contributed by atoms with van der Waals surface area (Å²) >= 11 is 0. The Morgan fingerprint density at radius 1 is 1.67 bits per heavy atom. The van der Waals surface area contributed by atoms with Gasteiger partial charge in [0.1, 0.15) is 0 Å². The topological polar surface area (TPSA) is 0 Å². The molecule has 0 saturated carbocycles. The van der Waals surface area contributed by atoms with Crippen LogP contribution in [-0.2, 0) is 10.3 Å². The molecule has 0 atom stereocenters. The molecule has 1 heterocycles. The van der Waals surface area contributed by atoms with Gasteiger partial charge in [0.2, 0.25) is 0 Å². The number of hydrogen-bond acceptors (Lipinski definition) is 1. The predicted octanol–water partition coefficient (Wildman–Crippen LogP) is 0.988. The van der Waals surface area contributed by atoms with Crippen LogP contribution in [0.3, 0.4) is 0 Å². The minimum atomic E-state index is 0.577. The highest BCUT2D eigenvalue weighted by Crippen LogP contribution is 1.96. The monoisotopic (exact) mass is 101 g/mol. The molecule has 0 saturated heterocycles. The van der Waals surface area contributed by atoms with Crippen molar-refractivity contribution in [2.24, 2.45) is 0 Å². The third-order valence-electron chi connectivity index (χ3n) is 0.976. The average molecular weight is 101 g/mol. The molecule has 0 unspecified atom stereocenters. The average Bonchev–Trinajstić information content (AvgIpc) is 1.86. The zero-order valence-electron chi connectivity index (χ0n) is 4.03. The van der Waals surface area contributed by atoms with Crippen LogP contribution in [0.1, 0.15) is 12.8 Å². The Labute approximate surface area is 41.1 Å². The standard InChI is InChI=1S/C5H9S/c1-6-4-2-3-5-6/h2-4H2,1H3/q-1. The lowest BCUT2D eigenvalue weighted by Crippen LogP contribution is -1.79. The SMILES string of the molecule is C[S-]1#CCCC1. The van der Waals surface area contributed by atoms with E-state index in [2.05, 4.69) is 11.4 Å². The smallest absolute Gasteiger partial charge is 0.0274 e. The Morgan fingerprint density at radius 2 is 2.50 bits per heavy atom. The van der Waals surface area contributed by atoms with E-state index in [0.717, 1.165) is 0 Å². The molecule has 0 spiro atoms. The fourth-order valence-electron chi connectivity index (χ4n) is 0.607. The minimum Gasteiger partial charge on any atom is -0.457 e. The zero-order chi connectivity index (χ0) is 4.41. The highest BCUT2D eigenvalue weighted by molar-refractivity contribution is 7.86. The molecule has 0 bridgehead atoms. The summed E-state index contributed by atoms with van der Waals surface area (Å²) in [7, 11) is 0.577. The van der Waals surface area contributed by atoms with Crippen molar-refractivity contribution in [2.45, 2.75) is 12.8 Å². The van der Waals surface area contributed by atoms with Crippen molar-refractivity contribution in [1.29, 1.82) is 0 Å². The van der Waals surface area contributed by atoms with Crippen LogP contribution >= 0.6 is 0 Å². The van der Waals surface area contributed by atoms with Crippen molar-refractivity contribution in [3.05, 3.63) is 0 Å². The van der Waals surface area contributed by atoms with Crippen LogP contribution in [0.25, 0.3) is 0 Å². The Kier molecular flexibility index (Phi) is 1.23. The van der Waals surface area contributed by atoms with Gasteiger partial charge in [0.15, 0.2) is 0 Å². The third-order valence-corrected chi connectivity index (χ3v) is 2.57. The Hall–Kier alpha value is 0.130. The van der Waals surface area contributed by atoms with Gasteiger partial charge in [-0.2, -0.15) is 0 Å². The molecule has 0 aromatic rings. The first-order chi connectivity index (χ1) is 2.89. The van der Waals surface area contributed by atoms with E-state index in [4.69, 9.17) is 0 Å². The molecule has 0 nitrogen and oxygen atoms in total. The maximum atomic E-state index is 3.35. The molecule has 0 fully saturated rings. The van der Waals surface area contributed by atoms with Crippen LogP contribution in [0.5, 0.6) is 0 Å². The van der Waals surface area contributed by atoms with Gasteiger partial charge in [-0.3, -0.25) is 0 Å². The van der Waals surface area contributed by atoms with Crippen LogP contribution in [0.4, 0.5) is 0 Å². The van der Waals surface area contributed by atoms with Crippen molar-refractivity contribution in [3.8, 4) is 5.18 Å². The van der Waals surface area contributed by atoms with Gasteiger partial charge in [-0.25, -0.2) is 0 Å². The van der Waals surface area contributed by atoms with Crippen LogP contribution in [0, 0.1) is 5.18 Å². The Balaban J connectivity index is 2.56. The van der Waals surface area contributed by atoms with Gasteiger partial charge in [0.25, 0.3) is 0 Å². The lowest BCUT2D eigenvalue weighted by Gasteiger charge is -1.97. The summed E-state index contributed by atoms with van der Waals surface area (Å²) in [6.45, 7) is 0. The molecule has 0 radical (unpaired) electrons. The van der Waals surface area contributed by atoms with Crippen molar-refractivity contribution < 1.29 is 0 Å². The van der Waals surface area contributed by atoms with E-state index >= 15 is 0 Å². The highest BCUT2D eigenvalue weighted by Gasteiger charge is 1.78. The van der Waals surface area contributed by atoms with E-state index in [0.29, 0.717) is 10.3 Å². The van der Waals surface area contributed by atoms with Gasteiger partial charge in [-0.1, -0.05) is 6.42 Å². The fourth-order valence-corrected chi connectivity index (χ4v) is 1.82. The van der Waals surface area contributed by atoms with Crippen LogP contribution in [0.2, 0.25) is 0 Å². The maximum absolute atomic E-state index is 3.35. The molecule has 0 aromatic carbocycles. The number of rotatable bonds is 0.